The Hall–Kier alpha value is -2.91. The zero-order chi connectivity index (χ0) is 22.7. The summed E-state index contributed by atoms with van der Waals surface area (Å²) in [6, 6.07) is 8.70. The molecular formula is C23H33N7O2. The van der Waals surface area contributed by atoms with Gasteiger partial charge in [0.05, 0.1) is 0 Å². The van der Waals surface area contributed by atoms with Gasteiger partial charge in [-0.2, -0.15) is 0 Å². The number of aryl methyl sites for hydroxylation is 1. The molecule has 9 nitrogen and oxygen atoms in total. The SMILES string of the molecule is CCc1nc(C(N)=O)c(Nc2ccc(N3CCC(N4CCN(C)CC4)CC3)cc2)[nH]c1=O. The lowest BCUT2D eigenvalue weighted by atomic mass is 10.0. The van der Waals surface area contributed by atoms with E-state index in [4.69, 9.17) is 5.73 Å². The summed E-state index contributed by atoms with van der Waals surface area (Å²) in [6.07, 6.45) is 2.79. The number of piperazine rings is 1. The first-order chi connectivity index (χ1) is 15.4. The molecule has 4 N–H and O–H groups in total. The molecule has 0 radical (unpaired) electrons. The van der Waals surface area contributed by atoms with Gasteiger partial charge in [-0.05, 0) is 50.6 Å². The molecule has 0 unspecified atom stereocenters. The summed E-state index contributed by atoms with van der Waals surface area (Å²) >= 11 is 0. The first kappa shape index (κ1) is 22.3. The van der Waals surface area contributed by atoms with Crippen LogP contribution < -0.4 is 21.5 Å². The minimum Gasteiger partial charge on any atom is -0.371 e. The Kier molecular flexibility index (Phi) is 6.76. The zero-order valence-electron chi connectivity index (χ0n) is 18.9. The van der Waals surface area contributed by atoms with Crippen LogP contribution in [0.4, 0.5) is 17.2 Å². The summed E-state index contributed by atoms with van der Waals surface area (Å²) in [5, 5.41) is 3.08. The maximum atomic E-state index is 12.1. The summed E-state index contributed by atoms with van der Waals surface area (Å²) in [6.45, 7) is 8.57. The molecule has 0 atom stereocenters. The predicted octanol–water partition coefficient (Wildman–Crippen LogP) is 1.39. The van der Waals surface area contributed by atoms with Crippen LogP contribution in [0.2, 0.25) is 0 Å². The number of piperidine rings is 1. The first-order valence-electron chi connectivity index (χ1n) is 11.4. The van der Waals surface area contributed by atoms with Crippen molar-refractivity contribution in [3.63, 3.8) is 0 Å². The summed E-state index contributed by atoms with van der Waals surface area (Å²) in [5.74, 6) is -0.460. The highest BCUT2D eigenvalue weighted by molar-refractivity contribution is 5.96. The number of anilines is 3. The van der Waals surface area contributed by atoms with Gasteiger partial charge >= 0.3 is 0 Å². The van der Waals surface area contributed by atoms with Gasteiger partial charge in [-0.1, -0.05) is 6.92 Å². The maximum Gasteiger partial charge on any atom is 0.271 e. The van der Waals surface area contributed by atoms with Crippen LogP contribution in [-0.2, 0) is 6.42 Å². The number of hydrogen-bond donors (Lipinski definition) is 3. The van der Waals surface area contributed by atoms with E-state index in [1.165, 1.54) is 31.6 Å². The number of carbonyl (C=O) groups excluding carboxylic acids is 1. The van der Waals surface area contributed by atoms with E-state index in [2.05, 4.69) is 49.2 Å². The number of amides is 1. The van der Waals surface area contributed by atoms with Crippen LogP contribution >= 0.6 is 0 Å². The van der Waals surface area contributed by atoms with Gasteiger partial charge in [0.1, 0.15) is 11.5 Å². The third-order valence-electron chi connectivity index (χ3n) is 6.57. The lowest BCUT2D eigenvalue weighted by Crippen LogP contribution is -2.52. The van der Waals surface area contributed by atoms with E-state index in [9.17, 15) is 9.59 Å². The molecule has 0 saturated carbocycles. The highest BCUT2D eigenvalue weighted by Gasteiger charge is 2.26. The van der Waals surface area contributed by atoms with Gasteiger partial charge < -0.3 is 25.8 Å². The Morgan fingerprint density at radius 3 is 2.38 bits per heavy atom. The Labute approximate surface area is 188 Å². The minimum absolute atomic E-state index is 0.0384. The number of nitrogens with two attached hydrogens (primary N) is 1. The Bertz CT molecular complexity index is 988. The highest BCUT2D eigenvalue weighted by atomic mass is 16.1. The van der Waals surface area contributed by atoms with E-state index >= 15 is 0 Å². The number of nitrogens with one attached hydrogen (secondary N) is 2. The zero-order valence-corrected chi connectivity index (χ0v) is 18.9. The van der Waals surface area contributed by atoms with Crippen molar-refractivity contribution in [2.45, 2.75) is 32.2 Å². The minimum atomic E-state index is -0.682. The number of primary amides is 1. The quantitative estimate of drug-likeness (QED) is 0.624. The molecule has 32 heavy (non-hydrogen) atoms. The molecule has 1 aromatic heterocycles. The molecular weight excluding hydrogens is 406 g/mol. The molecule has 1 amide bonds. The number of benzene rings is 1. The molecule has 172 valence electrons. The number of likely N-dealkylation sites (N-methyl/N-ethyl adjacent to an activating group) is 1. The molecule has 2 fully saturated rings. The van der Waals surface area contributed by atoms with Crippen LogP contribution in [0, 0.1) is 0 Å². The number of nitrogens with zero attached hydrogens (tertiary/aromatic N) is 4. The van der Waals surface area contributed by atoms with Crippen molar-refractivity contribution in [1.82, 2.24) is 19.8 Å². The van der Waals surface area contributed by atoms with E-state index in [0.29, 0.717) is 18.2 Å². The Morgan fingerprint density at radius 2 is 1.78 bits per heavy atom. The number of aromatic amines is 1. The summed E-state index contributed by atoms with van der Waals surface area (Å²) in [4.78, 5) is 38.2. The molecule has 4 rings (SSSR count). The summed E-state index contributed by atoms with van der Waals surface area (Å²) < 4.78 is 0. The molecule has 3 heterocycles. The Balaban J connectivity index is 1.39. The third kappa shape index (κ3) is 4.94. The number of rotatable bonds is 6. The van der Waals surface area contributed by atoms with Crippen LogP contribution in [0.1, 0.15) is 35.9 Å². The van der Waals surface area contributed by atoms with E-state index in [0.717, 1.165) is 31.9 Å². The highest BCUT2D eigenvalue weighted by Crippen LogP contribution is 2.26. The molecule has 9 heteroatoms. The van der Waals surface area contributed by atoms with Crippen molar-refractivity contribution in [2.75, 3.05) is 56.5 Å². The molecule has 1 aromatic carbocycles. The average molecular weight is 440 g/mol. The molecule has 2 aliphatic heterocycles. The molecule has 2 saturated heterocycles. The van der Waals surface area contributed by atoms with Crippen molar-refractivity contribution in [3.05, 3.63) is 46.0 Å². The van der Waals surface area contributed by atoms with Crippen molar-refractivity contribution in [2.24, 2.45) is 5.73 Å². The monoisotopic (exact) mass is 439 g/mol. The van der Waals surface area contributed by atoms with Crippen LogP contribution in [0.3, 0.4) is 0 Å². The van der Waals surface area contributed by atoms with Gasteiger partial charge in [0.2, 0.25) is 0 Å². The number of H-pyrrole nitrogens is 1. The number of hydrogen-bond acceptors (Lipinski definition) is 7. The van der Waals surface area contributed by atoms with E-state index in [1.807, 2.05) is 19.1 Å². The van der Waals surface area contributed by atoms with Gasteiger partial charge in [0, 0.05) is 56.7 Å². The van der Waals surface area contributed by atoms with Gasteiger partial charge in [-0.3, -0.25) is 14.5 Å². The fourth-order valence-electron chi connectivity index (χ4n) is 4.57. The molecule has 2 aliphatic rings. The smallest absolute Gasteiger partial charge is 0.271 e. The second kappa shape index (κ2) is 9.70. The van der Waals surface area contributed by atoms with E-state index in [-0.39, 0.29) is 17.1 Å². The van der Waals surface area contributed by atoms with Crippen molar-refractivity contribution >= 4 is 23.1 Å². The molecule has 0 bridgehead atoms. The topological polar surface area (TPSA) is 111 Å². The first-order valence-corrected chi connectivity index (χ1v) is 11.4. The summed E-state index contributed by atoms with van der Waals surface area (Å²) in [7, 11) is 2.20. The fraction of sp³-hybridized carbons (Fsp3) is 0.522. The normalized spacial score (nSPS) is 18.6. The van der Waals surface area contributed by atoms with Gasteiger partial charge in [0.25, 0.3) is 11.5 Å². The molecule has 0 spiro atoms. The molecule has 2 aromatic rings. The number of aromatic nitrogens is 2. The van der Waals surface area contributed by atoms with Gasteiger partial charge in [-0.15, -0.1) is 0 Å². The second-order valence-electron chi connectivity index (χ2n) is 8.68. The lowest BCUT2D eigenvalue weighted by molar-refractivity contribution is 0.0982. The van der Waals surface area contributed by atoms with Gasteiger partial charge in [0.15, 0.2) is 5.69 Å². The van der Waals surface area contributed by atoms with E-state index in [1.54, 1.807) is 0 Å². The second-order valence-corrected chi connectivity index (χ2v) is 8.68. The largest absolute Gasteiger partial charge is 0.371 e. The Morgan fingerprint density at radius 1 is 1.12 bits per heavy atom. The van der Waals surface area contributed by atoms with Crippen LogP contribution in [-0.4, -0.2) is 78.0 Å². The fourth-order valence-corrected chi connectivity index (χ4v) is 4.57. The standard InChI is InChI=1S/C23H33N7O2/c1-3-19-23(32)27-22(20(26-19)21(24)31)25-16-4-6-17(7-5-16)29-10-8-18(9-11-29)30-14-12-28(2)13-15-30/h4-7,18H,3,8-15H2,1-2H3,(H2,24,31)(H2,25,27,32). The van der Waals surface area contributed by atoms with Crippen molar-refractivity contribution in [3.8, 4) is 0 Å². The van der Waals surface area contributed by atoms with E-state index < -0.39 is 5.91 Å². The number of carbonyl (C=O) groups is 1. The predicted molar refractivity (Wildman–Crippen MR) is 127 cm³/mol. The summed E-state index contributed by atoms with van der Waals surface area (Å²) in [5.41, 5.74) is 7.40. The maximum absolute atomic E-state index is 12.1. The van der Waals surface area contributed by atoms with Crippen LogP contribution in [0.5, 0.6) is 0 Å². The molecule has 0 aliphatic carbocycles. The van der Waals surface area contributed by atoms with Crippen molar-refractivity contribution < 1.29 is 4.79 Å². The van der Waals surface area contributed by atoms with Gasteiger partial charge in [-0.25, -0.2) is 4.98 Å². The average Bonchev–Trinajstić information content (AvgIpc) is 2.80. The van der Waals surface area contributed by atoms with Crippen LogP contribution in [0.25, 0.3) is 0 Å². The van der Waals surface area contributed by atoms with Crippen LogP contribution in [0.15, 0.2) is 29.1 Å². The third-order valence-corrected chi connectivity index (χ3v) is 6.57. The lowest BCUT2D eigenvalue weighted by Gasteiger charge is -2.42. The van der Waals surface area contributed by atoms with Crippen molar-refractivity contribution in [1.29, 1.82) is 0 Å².